The molecule has 2 fully saturated rings. The number of ether oxygens (including phenoxy) is 2. The summed E-state index contributed by atoms with van der Waals surface area (Å²) in [6.07, 6.45) is 2.53. The van der Waals surface area contributed by atoms with Crippen LogP contribution in [0.3, 0.4) is 0 Å². The molecule has 3 N–H and O–H groups in total. The minimum Gasteiger partial charge on any atom is -0.454 e. The molecule has 0 amide bonds. The molecule has 2 aliphatic carbocycles. The molecule has 0 aromatic heterocycles. The molecule has 1 aromatic carbocycles. The lowest BCUT2D eigenvalue weighted by Gasteiger charge is -2.55. The highest BCUT2D eigenvalue weighted by Gasteiger charge is 2.61. The van der Waals surface area contributed by atoms with Crippen LogP contribution in [-0.4, -0.2) is 59.3 Å². The van der Waals surface area contributed by atoms with E-state index in [1.807, 2.05) is 26.8 Å². The minimum absolute atomic E-state index is 0.0295. The van der Waals surface area contributed by atoms with Crippen molar-refractivity contribution in [3.8, 4) is 0 Å². The normalized spacial score (nSPS) is 37.1. The maximum atomic E-state index is 13.9. The van der Waals surface area contributed by atoms with Crippen LogP contribution in [0.4, 0.5) is 5.69 Å². The Bertz CT molecular complexity index is 1320. The van der Waals surface area contributed by atoms with E-state index in [1.165, 1.54) is 5.06 Å². The third-order valence-electron chi connectivity index (χ3n) is 9.59. The van der Waals surface area contributed by atoms with Crippen LogP contribution in [0.2, 0.25) is 5.02 Å². The van der Waals surface area contributed by atoms with Crippen molar-refractivity contribution in [3.63, 3.8) is 0 Å². The van der Waals surface area contributed by atoms with Gasteiger partial charge >= 0.3 is 11.9 Å². The molecule has 42 heavy (non-hydrogen) atoms. The number of esters is 2. The van der Waals surface area contributed by atoms with Crippen molar-refractivity contribution in [2.75, 3.05) is 12.1 Å². The highest BCUT2D eigenvalue weighted by atomic mass is 35.5. The van der Waals surface area contributed by atoms with Gasteiger partial charge in [0.05, 0.1) is 10.7 Å². The average molecular weight is 601 g/mol. The van der Waals surface area contributed by atoms with Gasteiger partial charge in [-0.1, -0.05) is 55.0 Å². The van der Waals surface area contributed by atoms with Crippen molar-refractivity contribution in [3.05, 3.63) is 65.2 Å². The van der Waals surface area contributed by atoms with Crippen molar-refractivity contribution in [1.82, 2.24) is 5.32 Å². The number of aliphatic hydroxyl groups is 2. The second-order valence-electron chi connectivity index (χ2n) is 12.3. The molecule has 2 heterocycles. The van der Waals surface area contributed by atoms with Gasteiger partial charge in [0.15, 0.2) is 18.4 Å². The van der Waals surface area contributed by atoms with Crippen LogP contribution >= 0.6 is 11.6 Å². The molecule has 10 heteroatoms. The Kier molecular flexibility index (Phi) is 8.37. The molecule has 0 bridgehead atoms. The summed E-state index contributed by atoms with van der Waals surface area (Å²) in [5, 5.41) is 29.2. The first-order valence-corrected chi connectivity index (χ1v) is 15.0. The predicted molar refractivity (Wildman–Crippen MR) is 158 cm³/mol. The van der Waals surface area contributed by atoms with Gasteiger partial charge in [-0.15, -0.1) is 6.58 Å². The zero-order chi connectivity index (χ0) is 30.6. The number of hydrogen-bond donors (Lipinski definition) is 3. The first-order chi connectivity index (χ1) is 19.8. The number of carbonyl (C=O) groups excluding carboxylic acids is 2. The molecule has 228 valence electrons. The quantitative estimate of drug-likeness (QED) is 0.311. The summed E-state index contributed by atoms with van der Waals surface area (Å²) in [5.41, 5.74) is -0.381. The first-order valence-electron chi connectivity index (χ1n) is 14.6. The van der Waals surface area contributed by atoms with Gasteiger partial charge in [0.25, 0.3) is 0 Å². The lowest BCUT2D eigenvalue weighted by molar-refractivity contribution is -0.221. The number of hydrogen-bond acceptors (Lipinski definition) is 9. The lowest BCUT2D eigenvalue weighted by atomic mass is 9.56. The third kappa shape index (κ3) is 4.99. The molecule has 5 rings (SSSR count). The van der Waals surface area contributed by atoms with Crippen LogP contribution in [0.5, 0.6) is 0 Å². The lowest BCUT2D eigenvalue weighted by Crippen LogP contribution is -2.66. The number of hydroxylamine groups is 1. The van der Waals surface area contributed by atoms with Gasteiger partial charge < -0.3 is 19.7 Å². The topological polar surface area (TPSA) is 118 Å². The van der Waals surface area contributed by atoms with Crippen LogP contribution < -0.4 is 10.4 Å². The summed E-state index contributed by atoms with van der Waals surface area (Å²) in [5.74, 6) is -1.83. The summed E-state index contributed by atoms with van der Waals surface area (Å²) in [6, 6.07) is 4.22. The molecule has 4 aliphatic rings. The zero-order valence-corrected chi connectivity index (χ0v) is 25.4. The fourth-order valence-electron chi connectivity index (χ4n) is 7.28. The van der Waals surface area contributed by atoms with Gasteiger partial charge in [-0.05, 0) is 56.6 Å². The molecule has 0 unspecified atom stereocenters. The van der Waals surface area contributed by atoms with Gasteiger partial charge in [-0.2, -0.15) is 0 Å². The monoisotopic (exact) mass is 600 g/mol. The number of fused-ring (bicyclic) bond motifs is 4. The summed E-state index contributed by atoms with van der Waals surface area (Å²) in [4.78, 5) is 32.6. The van der Waals surface area contributed by atoms with E-state index in [0.29, 0.717) is 34.7 Å². The summed E-state index contributed by atoms with van der Waals surface area (Å²) in [6.45, 7) is 13.5. The van der Waals surface area contributed by atoms with Gasteiger partial charge in [0.2, 0.25) is 0 Å². The van der Waals surface area contributed by atoms with Crippen LogP contribution in [0.1, 0.15) is 58.4 Å². The van der Waals surface area contributed by atoms with Crippen LogP contribution in [0.25, 0.3) is 0 Å². The second-order valence-corrected chi connectivity index (χ2v) is 12.7. The summed E-state index contributed by atoms with van der Waals surface area (Å²) < 4.78 is 12.1. The number of carbonyl (C=O) groups is 2. The highest BCUT2D eigenvalue weighted by molar-refractivity contribution is 6.33. The smallest absolute Gasteiger partial charge is 0.323 e. The van der Waals surface area contributed by atoms with Gasteiger partial charge in [-0.25, -0.2) is 0 Å². The van der Waals surface area contributed by atoms with Crippen molar-refractivity contribution >= 4 is 29.2 Å². The molecular weight excluding hydrogens is 560 g/mol. The maximum absolute atomic E-state index is 13.9. The van der Waals surface area contributed by atoms with E-state index >= 15 is 0 Å². The van der Waals surface area contributed by atoms with Crippen molar-refractivity contribution in [1.29, 1.82) is 0 Å². The molecule has 0 spiro atoms. The highest BCUT2D eigenvalue weighted by Crippen LogP contribution is 2.53. The fraction of sp³-hybridized carbons (Fsp3) is 0.562. The Morgan fingerprint density at radius 1 is 1.29 bits per heavy atom. The first kappa shape index (κ1) is 30.8. The van der Waals surface area contributed by atoms with E-state index in [9.17, 15) is 19.8 Å². The number of rotatable bonds is 7. The largest absolute Gasteiger partial charge is 0.454 e. The number of allylic oxidation sites excluding steroid dienone is 2. The molecule has 1 saturated carbocycles. The van der Waals surface area contributed by atoms with Crippen molar-refractivity contribution in [2.45, 2.75) is 88.6 Å². The minimum atomic E-state index is -1.56. The predicted octanol–water partition coefficient (Wildman–Crippen LogP) is 4.32. The number of halogens is 1. The van der Waals surface area contributed by atoms with E-state index in [-0.39, 0.29) is 30.6 Å². The standard InChI is InChI=1S/C32H41ClN2O7/c1-7-8-12-25(36)40-27-18(4)15-22-20(17(2)3)14-13-19(5)32(22,39)28(27)41-29(37)24-16-31(38)21-10-9-11-23(33)26(21)35(6)42-30(31)34-24/h7,9-11,15,19-20,22,24,27-28,30,34,38-39H,1-2,8,12-14,16H2,3-6H3/t19-,20+,22-,24+,27-,28+,30-,31-,32-/m1/s1. The third-order valence-corrected chi connectivity index (χ3v) is 9.90. The molecule has 1 saturated heterocycles. The van der Waals surface area contributed by atoms with E-state index < -0.39 is 47.6 Å². The van der Waals surface area contributed by atoms with E-state index in [4.69, 9.17) is 25.9 Å². The van der Waals surface area contributed by atoms with Gasteiger partial charge in [0.1, 0.15) is 17.2 Å². The van der Waals surface area contributed by atoms with Crippen molar-refractivity contribution < 1.29 is 34.1 Å². The second kappa shape index (κ2) is 11.4. The Morgan fingerprint density at radius 2 is 2.02 bits per heavy atom. The molecular formula is C32H41ClN2O7. The Hall–Kier alpha value is -2.69. The van der Waals surface area contributed by atoms with Crippen LogP contribution in [-0.2, 0) is 29.5 Å². The summed E-state index contributed by atoms with van der Waals surface area (Å²) >= 11 is 6.42. The maximum Gasteiger partial charge on any atom is 0.323 e. The Balaban J connectivity index is 1.47. The molecule has 0 radical (unpaired) electrons. The van der Waals surface area contributed by atoms with E-state index in [0.717, 1.165) is 12.0 Å². The summed E-state index contributed by atoms with van der Waals surface area (Å²) in [7, 11) is 1.68. The number of nitrogens with zero attached hydrogens (tertiary/aromatic N) is 1. The van der Waals surface area contributed by atoms with Gasteiger partial charge in [0, 0.05) is 31.4 Å². The zero-order valence-electron chi connectivity index (χ0n) is 24.6. The van der Waals surface area contributed by atoms with E-state index in [1.54, 1.807) is 31.3 Å². The number of benzene rings is 1. The number of nitrogens with one attached hydrogen (secondary N) is 1. The number of para-hydroxylation sites is 1. The van der Waals surface area contributed by atoms with Gasteiger partial charge in [-0.3, -0.25) is 24.8 Å². The van der Waals surface area contributed by atoms with Crippen LogP contribution in [0, 0.1) is 17.8 Å². The Morgan fingerprint density at radius 3 is 2.71 bits per heavy atom. The molecule has 9 nitrogen and oxygen atoms in total. The molecule has 9 atom stereocenters. The molecule has 2 aliphatic heterocycles. The number of anilines is 1. The SMILES string of the molecule is C=CCCC(=O)O[C@@H]1C(C)=C[C@@H]2[C@H](C(=C)C)CC[C@@H](C)[C@]2(O)[C@H]1OC(=O)[C@@H]1C[C@@]2(O)c3cccc(Cl)c3N(C)O[C@H]2N1. The fourth-order valence-corrected chi connectivity index (χ4v) is 7.57. The van der Waals surface area contributed by atoms with Crippen LogP contribution in [0.15, 0.2) is 54.7 Å². The van der Waals surface area contributed by atoms with E-state index in [2.05, 4.69) is 18.5 Å². The average Bonchev–Trinajstić information content (AvgIpc) is 3.28. The molecule has 1 aromatic rings. The Labute approximate surface area is 252 Å². The van der Waals surface area contributed by atoms with Crippen molar-refractivity contribution in [2.24, 2.45) is 17.8 Å².